The van der Waals surface area contributed by atoms with E-state index in [9.17, 15) is 49.8 Å². The number of ether oxygens (including phenoxy) is 9. The number of carbonyl (C=O) groups excluding carboxylic acids is 4. The number of hydrogen-bond acceptors (Lipinski definition) is 19. The van der Waals surface area contributed by atoms with Gasteiger partial charge in [0, 0.05) is 27.7 Å². The molecule has 0 bridgehead atoms. The Morgan fingerprint density at radius 1 is 0.556 bits per heavy atom. The summed E-state index contributed by atoms with van der Waals surface area (Å²) in [5, 5.41) is 61.2. The molecule has 0 aromatic heterocycles. The molecule has 19 nitrogen and oxygen atoms in total. The third-order valence-corrected chi connectivity index (χ3v) is 7.13. The minimum Gasteiger partial charge on any atom is -0.463 e. The van der Waals surface area contributed by atoms with Crippen LogP contribution >= 0.6 is 0 Å². The van der Waals surface area contributed by atoms with Crippen molar-refractivity contribution in [2.24, 2.45) is 0 Å². The Bertz CT molecular complexity index is 1040. The van der Waals surface area contributed by atoms with Crippen molar-refractivity contribution in [1.29, 1.82) is 0 Å². The monoisotopic (exact) mass is 656 g/mol. The van der Waals surface area contributed by atoms with E-state index in [1.165, 1.54) is 6.92 Å². The summed E-state index contributed by atoms with van der Waals surface area (Å²) < 4.78 is 48.9. The molecular weight excluding hydrogens is 616 g/mol. The van der Waals surface area contributed by atoms with E-state index in [4.69, 9.17) is 42.6 Å². The average molecular weight is 657 g/mol. The van der Waals surface area contributed by atoms with Gasteiger partial charge in [-0.05, 0) is 6.92 Å². The predicted octanol–water partition coefficient (Wildman–Crippen LogP) is -4.26. The zero-order valence-corrected chi connectivity index (χ0v) is 25.1. The maximum absolute atomic E-state index is 12.1. The summed E-state index contributed by atoms with van der Waals surface area (Å²) in [4.78, 5) is 47.5. The smallest absolute Gasteiger partial charge is 0.303 e. The highest BCUT2D eigenvalue weighted by molar-refractivity contribution is 5.68. The van der Waals surface area contributed by atoms with Crippen LogP contribution in [0.1, 0.15) is 34.6 Å². The lowest BCUT2D eigenvalue weighted by Gasteiger charge is -2.47. The van der Waals surface area contributed by atoms with Gasteiger partial charge in [0.2, 0.25) is 0 Å². The van der Waals surface area contributed by atoms with E-state index >= 15 is 0 Å². The van der Waals surface area contributed by atoms with Crippen LogP contribution < -0.4 is 0 Å². The molecule has 45 heavy (non-hydrogen) atoms. The van der Waals surface area contributed by atoms with Crippen LogP contribution in [-0.2, 0) is 61.8 Å². The molecule has 0 aromatic carbocycles. The first-order valence-electron chi connectivity index (χ1n) is 14.0. The van der Waals surface area contributed by atoms with Crippen LogP contribution in [0.3, 0.4) is 0 Å². The summed E-state index contributed by atoms with van der Waals surface area (Å²) in [6.07, 6.45) is -23.7. The van der Waals surface area contributed by atoms with Crippen LogP contribution in [0.4, 0.5) is 0 Å². The molecule has 0 radical (unpaired) electrons. The molecule has 3 fully saturated rings. The van der Waals surface area contributed by atoms with Crippen molar-refractivity contribution in [3.05, 3.63) is 0 Å². The van der Waals surface area contributed by atoms with Gasteiger partial charge >= 0.3 is 23.9 Å². The van der Waals surface area contributed by atoms with Crippen molar-refractivity contribution in [1.82, 2.24) is 0 Å². The van der Waals surface area contributed by atoms with Crippen LogP contribution in [-0.4, -0.2) is 160 Å². The summed E-state index contributed by atoms with van der Waals surface area (Å²) in [7, 11) is 0. The Morgan fingerprint density at radius 3 is 1.71 bits per heavy atom. The molecular formula is C26H40O19. The molecule has 15 atom stereocenters. The molecule has 0 aromatic rings. The second kappa shape index (κ2) is 15.8. The number of esters is 4. The Labute approximate surface area is 256 Å². The summed E-state index contributed by atoms with van der Waals surface area (Å²) in [6.45, 7) is 4.57. The van der Waals surface area contributed by atoms with Gasteiger partial charge < -0.3 is 73.3 Å². The standard InChI is InChI=1S/C26H40O19/c1-8-20(17(33)19(35)25(39-8)38-6-13-15(31)16(32)18(34)24(36)43-13)45-26-23(42-12(5)30)22(41-11(4)29)21(40-10(3)28)14(44-26)7-37-9(2)27/h8,13-26,31-36H,6-7H2,1-5H3/t8-,13+,14+,15-,16-,17-,18+,19+,20-,21+,22-,23+,24-,25+,26-/m0/s1. The van der Waals surface area contributed by atoms with E-state index in [2.05, 4.69) is 0 Å². The van der Waals surface area contributed by atoms with Gasteiger partial charge in [0.05, 0.1) is 12.7 Å². The van der Waals surface area contributed by atoms with Crippen LogP contribution in [0, 0.1) is 0 Å². The van der Waals surface area contributed by atoms with Crippen molar-refractivity contribution >= 4 is 23.9 Å². The number of carbonyl (C=O) groups is 4. The van der Waals surface area contributed by atoms with Gasteiger partial charge in [-0.15, -0.1) is 0 Å². The van der Waals surface area contributed by atoms with Gasteiger partial charge in [-0.3, -0.25) is 19.2 Å². The summed E-state index contributed by atoms with van der Waals surface area (Å²) in [5.41, 5.74) is 0. The van der Waals surface area contributed by atoms with Crippen molar-refractivity contribution in [2.75, 3.05) is 13.2 Å². The molecule has 3 aliphatic rings. The van der Waals surface area contributed by atoms with Gasteiger partial charge in [0.1, 0.15) is 55.4 Å². The van der Waals surface area contributed by atoms with E-state index in [-0.39, 0.29) is 0 Å². The highest BCUT2D eigenvalue weighted by Crippen LogP contribution is 2.34. The third-order valence-electron chi connectivity index (χ3n) is 7.13. The topological polar surface area (TPSA) is 273 Å². The van der Waals surface area contributed by atoms with Crippen LogP contribution in [0.2, 0.25) is 0 Å². The largest absolute Gasteiger partial charge is 0.463 e. The Balaban J connectivity index is 1.80. The van der Waals surface area contributed by atoms with Gasteiger partial charge in [-0.25, -0.2) is 0 Å². The number of rotatable bonds is 10. The average Bonchev–Trinajstić information content (AvgIpc) is 2.94. The zero-order chi connectivity index (χ0) is 33.7. The highest BCUT2D eigenvalue weighted by Gasteiger charge is 2.55. The van der Waals surface area contributed by atoms with Gasteiger partial charge in [0.25, 0.3) is 0 Å². The van der Waals surface area contributed by atoms with E-state index in [0.717, 1.165) is 27.7 Å². The number of aliphatic hydroxyl groups is 6. The highest BCUT2D eigenvalue weighted by atomic mass is 16.8. The van der Waals surface area contributed by atoms with Gasteiger partial charge in [0.15, 0.2) is 37.2 Å². The summed E-state index contributed by atoms with van der Waals surface area (Å²) >= 11 is 0. The van der Waals surface area contributed by atoms with Crippen molar-refractivity contribution in [3.8, 4) is 0 Å². The lowest BCUT2D eigenvalue weighted by Crippen LogP contribution is -2.66. The van der Waals surface area contributed by atoms with E-state index in [1.807, 2.05) is 0 Å². The molecule has 3 heterocycles. The Kier molecular flexibility index (Phi) is 13.0. The van der Waals surface area contributed by atoms with Crippen LogP contribution in [0.25, 0.3) is 0 Å². The fourth-order valence-electron chi connectivity index (χ4n) is 5.04. The van der Waals surface area contributed by atoms with Crippen LogP contribution in [0.5, 0.6) is 0 Å². The van der Waals surface area contributed by atoms with E-state index in [0.29, 0.717) is 0 Å². The molecule has 0 amide bonds. The SMILES string of the molecule is CC(=O)OC[C@H]1O[C@@H](O[C@@H]2[C@@H](O)[C@@H](O)[C@H](OC[C@H]3O[C@H](O)[C@H](O)[C@@H](O)[C@H]3O)O[C@H]2C)[C@H](OC(C)=O)[C@@H](OC(C)=O)[C@@H]1OC(C)=O. The predicted molar refractivity (Wildman–Crippen MR) is 138 cm³/mol. The second-order valence-electron chi connectivity index (χ2n) is 10.7. The Hall–Kier alpha value is -2.56. The van der Waals surface area contributed by atoms with Gasteiger partial charge in [-0.1, -0.05) is 0 Å². The minimum atomic E-state index is -1.84. The normalized spacial score (nSPS) is 41.9. The molecule has 19 heteroatoms. The number of aliphatic hydroxyl groups excluding tert-OH is 6. The quantitative estimate of drug-likeness (QED) is 0.0959. The first-order chi connectivity index (χ1) is 21.0. The zero-order valence-electron chi connectivity index (χ0n) is 25.1. The third kappa shape index (κ3) is 9.26. The first kappa shape index (κ1) is 36.9. The van der Waals surface area contributed by atoms with Gasteiger partial charge in [-0.2, -0.15) is 0 Å². The fraction of sp³-hybridized carbons (Fsp3) is 0.846. The Morgan fingerprint density at radius 2 is 1.13 bits per heavy atom. The van der Waals surface area contributed by atoms with E-state index in [1.54, 1.807) is 0 Å². The summed E-state index contributed by atoms with van der Waals surface area (Å²) in [5.74, 6) is -3.31. The fourth-order valence-corrected chi connectivity index (χ4v) is 5.04. The number of hydrogen-bond donors (Lipinski definition) is 6. The van der Waals surface area contributed by atoms with Crippen molar-refractivity contribution in [3.63, 3.8) is 0 Å². The van der Waals surface area contributed by atoms with Crippen molar-refractivity contribution < 1.29 is 92.4 Å². The molecule has 0 spiro atoms. The minimum absolute atomic E-state index is 0.523. The molecule has 3 aliphatic heterocycles. The molecule has 3 saturated heterocycles. The second-order valence-corrected chi connectivity index (χ2v) is 10.7. The lowest BCUT2D eigenvalue weighted by molar-refractivity contribution is -0.360. The molecule has 6 N–H and O–H groups in total. The molecule has 258 valence electrons. The van der Waals surface area contributed by atoms with Crippen molar-refractivity contribution in [2.45, 2.75) is 127 Å². The molecule has 0 saturated carbocycles. The molecule has 0 aliphatic carbocycles. The van der Waals surface area contributed by atoms with Crippen LogP contribution in [0.15, 0.2) is 0 Å². The maximum atomic E-state index is 12.1. The first-order valence-corrected chi connectivity index (χ1v) is 14.0. The molecule has 3 rings (SSSR count). The maximum Gasteiger partial charge on any atom is 0.303 e. The molecule has 0 unspecified atom stereocenters. The summed E-state index contributed by atoms with van der Waals surface area (Å²) in [6, 6.07) is 0. The lowest BCUT2D eigenvalue weighted by atomic mass is 9.96. The van der Waals surface area contributed by atoms with E-state index < -0.39 is 129 Å².